The molecule has 0 radical (unpaired) electrons. The summed E-state index contributed by atoms with van der Waals surface area (Å²) in [5, 5.41) is 6.50. The van der Waals surface area contributed by atoms with Gasteiger partial charge in [0.2, 0.25) is 23.5 Å². The highest BCUT2D eigenvalue weighted by Crippen LogP contribution is 2.42. The van der Waals surface area contributed by atoms with Crippen LogP contribution >= 0.6 is 0 Å². The SMILES string of the molecule is Cc1cc(-c2noc([C@H](C)NC(=O)C3CC(F)(F)C3)n2)ccn1. The molecule has 8 heteroatoms. The van der Waals surface area contributed by atoms with Gasteiger partial charge in [-0.05, 0) is 26.0 Å². The van der Waals surface area contributed by atoms with E-state index < -0.39 is 36.6 Å². The van der Waals surface area contributed by atoms with Crippen molar-refractivity contribution in [1.29, 1.82) is 0 Å². The van der Waals surface area contributed by atoms with E-state index >= 15 is 0 Å². The minimum atomic E-state index is -2.72. The van der Waals surface area contributed by atoms with Crippen molar-refractivity contribution in [2.24, 2.45) is 5.92 Å². The van der Waals surface area contributed by atoms with Gasteiger partial charge in [-0.25, -0.2) is 8.78 Å². The zero-order valence-electron chi connectivity index (χ0n) is 12.7. The summed E-state index contributed by atoms with van der Waals surface area (Å²) in [6.07, 6.45) is 0.830. The van der Waals surface area contributed by atoms with Crippen molar-refractivity contribution in [3.05, 3.63) is 29.9 Å². The van der Waals surface area contributed by atoms with Gasteiger partial charge in [0.1, 0.15) is 6.04 Å². The monoisotopic (exact) mass is 322 g/mol. The summed E-state index contributed by atoms with van der Waals surface area (Å²) >= 11 is 0. The van der Waals surface area contributed by atoms with E-state index in [0.717, 1.165) is 11.3 Å². The molecular formula is C15H16F2N4O2. The number of rotatable bonds is 4. The van der Waals surface area contributed by atoms with E-state index in [-0.39, 0.29) is 5.89 Å². The molecule has 1 aliphatic carbocycles. The number of nitrogens with one attached hydrogen (secondary N) is 1. The van der Waals surface area contributed by atoms with Crippen LogP contribution < -0.4 is 5.32 Å². The molecule has 1 saturated carbocycles. The Balaban J connectivity index is 1.65. The summed E-state index contributed by atoms with van der Waals surface area (Å²) in [5.41, 5.74) is 1.57. The third-order valence-electron chi connectivity index (χ3n) is 3.79. The molecule has 2 aromatic heterocycles. The minimum Gasteiger partial charge on any atom is -0.344 e. The van der Waals surface area contributed by atoms with Gasteiger partial charge in [0, 0.05) is 36.2 Å². The first-order valence-corrected chi connectivity index (χ1v) is 7.29. The summed E-state index contributed by atoms with van der Waals surface area (Å²) in [6.45, 7) is 3.52. The van der Waals surface area contributed by atoms with Crippen molar-refractivity contribution >= 4 is 5.91 Å². The third-order valence-corrected chi connectivity index (χ3v) is 3.79. The average molecular weight is 322 g/mol. The first-order chi connectivity index (χ1) is 10.8. The van der Waals surface area contributed by atoms with Crippen LogP contribution in [0.3, 0.4) is 0 Å². The topological polar surface area (TPSA) is 80.9 Å². The van der Waals surface area contributed by atoms with Crippen molar-refractivity contribution in [3.8, 4) is 11.4 Å². The molecule has 1 amide bonds. The molecule has 1 atom stereocenters. The number of carbonyl (C=O) groups excluding carboxylic acids is 1. The van der Waals surface area contributed by atoms with Gasteiger partial charge in [-0.3, -0.25) is 9.78 Å². The lowest BCUT2D eigenvalue weighted by atomic mass is 9.80. The van der Waals surface area contributed by atoms with Crippen LogP contribution in [0.1, 0.15) is 37.4 Å². The molecule has 23 heavy (non-hydrogen) atoms. The lowest BCUT2D eigenvalue weighted by Gasteiger charge is -2.34. The molecule has 0 saturated heterocycles. The fraction of sp³-hybridized carbons (Fsp3) is 0.467. The Kier molecular flexibility index (Phi) is 3.83. The Morgan fingerprint density at radius 2 is 2.22 bits per heavy atom. The van der Waals surface area contributed by atoms with E-state index in [9.17, 15) is 13.6 Å². The molecule has 3 rings (SSSR count). The van der Waals surface area contributed by atoms with Gasteiger partial charge in [0.05, 0.1) is 0 Å². The van der Waals surface area contributed by atoms with Crippen LogP contribution in [0.25, 0.3) is 11.4 Å². The van der Waals surface area contributed by atoms with E-state index in [4.69, 9.17) is 4.52 Å². The summed E-state index contributed by atoms with van der Waals surface area (Å²) in [6, 6.07) is 3.02. The number of halogens is 2. The quantitative estimate of drug-likeness (QED) is 0.936. The van der Waals surface area contributed by atoms with Crippen LogP contribution in [0, 0.1) is 12.8 Å². The highest BCUT2D eigenvalue weighted by molar-refractivity contribution is 5.80. The summed E-state index contributed by atoms with van der Waals surface area (Å²) in [5.74, 6) is -3.17. The highest BCUT2D eigenvalue weighted by Gasteiger charge is 2.48. The molecule has 1 fully saturated rings. The van der Waals surface area contributed by atoms with Crippen molar-refractivity contribution < 1.29 is 18.1 Å². The number of hydrogen-bond donors (Lipinski definition) is 1. The number of alkyl halides is 2. The van der Waals surface area contributed by atoms with Crippen LogP contribution in [-0.2, 0) is 4.79 Å². The molecule has 122 valence electrons. The van der Waals surface area contributed by atoms with Gasteiger partial charge < -0.3 is 9.84 Å². The zero-order valence-corrected chi connectivity index (χ0v) is 12.7. The standard InChI is InChI=1S/C15H16F2N4O2/c1-8-5-10(3-4-18-8)12-20-14(23-21-12)9(2)19-13(22)11-6-15(16,17)7-11/h3-5,9,11H,6-7H2,1-2H3,(H,19,22)/t9-/m0/s1. The van der Waals surface area contributed by atoms with Crippen molar-refractivity contribution in [1.82, 2.24) is 20.4 Å². The highest BCUT2D eigenvalue weighted by atomic mass is 19.3. The molecule has 0 aliphatic heterocycles. The van der Waals surface area contributed by atoms with Gasteiger partial charge in [0.25, 0.3) is 0 Å². The Morgan fingerprint density at radius 1 is 1.48 bits per heavy atom. The fourth-order valence-corrected chi connectivity index (χ4v) is 2.45. The maximum absolute atomic E-state index is 12.8. The summed E-state index contributed by atoms with van der Waals surface area (Å²) in [7, 11) is 0. The largest absolute Gasteiger partial charge is 0.344 e. The van der Waals surface area contributed by atoms with E-state index in [2.05, 4.69) is 20.4 Å². The van der Waals surface area contributed by atoms with E-state index in [1.54, 1.807) is 19.2 Å². The molecule has 6 nitrogen and oxygen atoms in total. The van der Waals surface area contributed by atoms with Gasteiger partial charge in [-0.2, -0.15) is 4.98 Å². The number of aryl methyl sites for hydroxylation is 1. The molecule has 2 aromatic rings. The minimum absolute atomic E-state index is 0.230. The summed E-state index contributed by atoms with van der Waals surface area (Å²) < 4.78 is 30.8. The number of aromatic nitrogens is 3. The van der Waals surface area contributed by atoms with Crippen LogP contribution in [0.15, 0.2) is 22.9 Å². The average Bonchev–Trinajstić information content (AvgIpc) is 2.94. The first kappa shape index (κ1) is 15.5. The number of nitrogens with zero attached hydrogens (tertiary/aromatic N) is 3. The second kappa shape index (κ2) is 5.68. The lowest BCUT2D eigenvalue weighted by molar-refractivity contribution is -0.150. The predicted octanol–water partition coefficient (Wildman–Crippen LogP) is 2.66. The maximum atomic E-state index is 12.8. The number of pyridine rings is 1. The molecule has 0 bridgehead atoms. The number of amides is 1. The third kappa shape index (κ3) is 3.35. The summed E-state index contributed by atoms with van der Waals surface area (Å²) in [4.78, 5) is 20.2. The number of carbonyl (C=O) groups is 1. The first-order valence-electron chi connectivity index (χ1n) is 7.29. The molecule has 2 heterocycles. The Morgan fingerprint density at radius 3 is 2.87 bits per heavy atom. The molecular weight excluding hydrogens is 306 g/mol. The predicted molar refractivity (Wildman–Crippen MR) is 76.5 cm³/mol. The van der Waals surface area contributed by atoms with E-state index in [0.29, 0.717) is 5.82 Å². The van der Waals surface area contributed by atoms with Gasteiger partial charge >= 0.3 is 0 Å². The zero-order chi connectivity index (χ0) is 16.6. The smallest absolute Gasteiger partial charge is 0.249 e. The van der Waals surface area contributed by atoms with Crippen LogP contribution in [0.5, 0.6) is 0 Å². The van der Waals surface area contributed by atoms with Crippen LogP contribution in [0.4, 0.5) is 8.78 Å². The van der Waals surface area contributed by atoms with Crippen LogP contribution in [0.2, 0.25) is 0 Å². The fourth-order valence-electron chi connectivity index (χ4n) is 2.45. The normalized spacial score (nSPS) is 18.3. The van der Waals surface area contributed by atoms with E-state index in [1.807, 2.05) is 13.0 Å². The molecule has 1 aliphatic rings. The van der Waals surface area contributed by atoms with Gasteiger partial charge in [-0.15, -0.1) is 0 Å². The van der Waals surface area contributed by atoms with Crippen molar-refractivity contribution in [2.45, 2.75) is 38.7 Å². The molecule has 1 N–H and O–H groups in total. The van der Waals surface area contributed by atoms with Gasteiger partial charge in [-0.1, -0.05) is 5.16 Å². The Hall–Kier alpha value is -2.38. The van der Waals surface area contributed by atoms with Crippen molar-refractivity contribution in [2.75, 3.05) is 0 Å². The van der Waals surface area contributed by atoms with Crippen LogP contribution in [-0.4, -0.2) is 27.0 Å². The number of hydrogen-bond acceptors (Lipinski definition) is 5. The van der Waals surface area contributed by atoms with Gasteiger partial charge in [0.15, 0.2) is 0 Å². The maximum Gasteiger partial charge on any atom is 0.249 e. The second-order valence-corrected chi connectivity index (χ2v) is 5.83. The molecule has 0 unspecified atom stereocenters. The molecule has 0 aromatic carbocycles. The van der Waals surface area contributed by atoms with Crippen molar-refractivity contribution in [3.63, 3.8) is 0 Å². The lowest BCUT2D eigenvalue weighted by Crippen LogP contribution is -2.45. The second-order valence-electron chi connectivity index (χ2n) is 5.83. The Bertz CT molecular complexity index is 724. The Labute approximate surface area is 131 Å². The van der Waals surface area contributed by atoms with E-state index in [1.165, 1.54) is 0 Å². The molecule has 0 spiro atoms.